The summed E-state index contributed by atoms with van der Waals surface area (Å²) in [5.41, 5.74) is 0. The summed E-state index contributed by atoms with van der Waals surface area (Å²) in [5, 5.41) is 0. The van der Waals surface area contributed by atoms with Crippen LogP contribution in [-0.2, 0) is 0 Å². The summed E-state index contributed by atoms with van der Waals surface area (Å²) in [5.74, 6) is 0. The fraction of sp³-hybridized carbons (Fsp3) is 0.979. The van der Waals surface area contributed by atoms with Crippen LogP contribution in [0.3, 0.4) is 0 Å². The number of hydrogen-bond acceptors (Lipinski definition) is 0. The first-order valence-electron chi connectivity index (χ1n) is 23.7. The van der Waals surface area contributed by atoms with Crippen molar-refractivity contribution in [3.63, 3.8) is 0 Å². The first-order valence-corrected chi connectivity index (χ1v) is 23.7. The molecule has 0 saturated heterocycles. The van der Waals surface area contributed by atoms with Gasteiger partial charge in [0.2, 0.25) is 0 Å². The maximum atomic E-state index is 2.60. The van der Waals surface area contributed by atoms with Crippen molar-refractivity contribution in [3.05, 3.63) is 6.42 Å². The molecule has 0 heterocycles. The lowest BCUT2D eigenvalue weighted by Gasteiger charge is -2.05. The van der Waals surface area contributed by atoms with E-state index in [-0.39, 0.29) is 0 Å². The van der Waals surface area contributed by atoms with Gasteiger partial charge in [0.25, 0.3) is 0 Å². The van der Waals surface area contributed by atoms with Gasteiger partial charge < -0.3 is 0 Å². The molecule has 0 saturated carbocycles. The first kappa shape index (κ1) is 48.0. The lowest BCUT2D eigenvalue weighted by molar-refractivity contribution is 0.517. The van der Waals surface area contributed by atoms with Gasteiger partial charge in [-0.3, -0.25) is 0 Å². The molecule has 0 bridgehead atoms. The van der Waals surface area contributed by atoms with Crippen molar-refractivity contribution >= 4 is 0 Å². The van der Waals surface area contributed by atoms with E-state index in [1.807, 2.05) is 0 Å². The molecular weight excluding hydrogens is 577 g/mol. The molecule has 0 aromatic rings. The van der Waals surface area contributed by atoms with Gasteiger partial charge in [0.1, 0.15) is 0 Å². The molecule has 0 amide bonds. The second-order valence-corrected chi connectivity index (χ2v) is 16.4. The van der Waals surface area contributed by atoms with Crippen LogP contribution in [0.2, 0.25) is 0 Å². The van der Waals surface area contributed by atoms with E-state index in [4.69, 9.17) is 0 Å². The molecule has 48 heavy (non-hydrogen) atoms. The van der Waals surface area contributed by atoms with E-state index in [0.29, 0.717) is 0 Å². The molecule has 0 aliphatic carbocycles. The van der Waals surface area contributed by atoms with Crippen molar-refractivity contribution < 1.29 is 0 Å². The average Bonchev–Trinajstić information content (AvgIpc) is 3.10. The molecule has 0 aliphatic heterocycles. The third-order valence-electron chi connectivity index (χ3n) is 11.3. The lowest BCUT2D eigenvalue weighted by atomic mass is 10.0. The van der Waals surface area contributed by atoms with Crippen LogP contribution >= 0.6 is 0 Å². The van der Waals surface area contributed by atoms with Crippen molar-refractivity contribution in [2.45, 2.75) is 303 Å². The molecule has 0 aromatic carbocycles. The minimum atomic E-state index is 1.37. The van der Waals surface area contributed by atoms with Gasteiger partial charge in [-0.05, 0) is 6.42 Å². The summed E-state index contributed by atoms with van der Waals surface area (Å²) in [6.45, 7) is 4.62. The third-order valence-corrected chi connectivity index (χ3v) is 11.3. The zero-order valence-corrected chi connectivity index (χ0v) is 34.4. The summed E-state index contributed by atoms with van der Waals surface area (Å²) in [6.07, 6.45) is 68.9. The van der Waals surface area contributed by atoms with E-state index >= 15 is 0 Å². The van der Waals surface area contributed by atoms with Crippen LogP contribution in [0.25, 0.3) is 0 Å². The van der Waals surface area contributed by atoms with Crippen molar-refractivity contribution in [1.29, 1.82) is 0 Å². The maximum absolute atomic E-state index is 2.60. The molecule has 0 aliphatic rings. The van der Waals surface area contributed by atoms with Crippen LogP contribution in [0.5, 0.6) is 0 Å². The van der Waals surface area contributed by atoms with Crippen LogP contribution in [0.1, 0.15) is 303 Å². The van der Waals surface area contributed by atoms with E-state index in [9.17, 15) is 0 Å². The van der Waals surface area contributed by atoms with Gasteiger partial charge in [-0.25, -0.2) is 0 Å². The van der Waals surface area contributed by atoms with Crippen LogP contribution in [0, 0.1) is 6.42 Å². The van der Waals surface area contributed by atoms with Crippen molar-refractivity contribution in [2.75, 3.05) is 0 Å². The van der Waals surface area contributed by atoms with Gasteiger partial charge in [-0.1, -0.05) is 303 Å². The highest BCUT2D eigenvalue weighted by Crippen LogP contribution is 2.18. The molecule has 289 valence electrons. The summed E-state index contributed by atoms with van der Waals surface area (Å²) >= 11 is 0. The lowest BCUT2D eigenvalue weighted by Crippen LogP contribution is -1.85. The summed E-state index contributed by atoms with van der Waals surface area (Å²) < 4.78 is 0. The maximum Gasteiger partial charge on any atom is -0.0386 e. The van der Waals surface area contributed by atoms with Crippen molar-refractivity contribution in [2.24, 2.45) is 0 Å². The Balaban J connectivity index is 3.04. The normalized spacial score (nSPS) is 11.6. The Labute approximate surface area is 308 Å². The van der Waals surface area contributed by atoms with E-state index < -0.39 is 0 Å². The molecule has 0 nitrogen and oxygen atoms in total. The molecule has 0 rings (SSSR count). The Kier molecular flexibility index (Phi) is 47.0. The molecule has 1 radical (unpaired) electrons. The highest BCUT2D eigenvalue weighted by atomic mass is 14.0. The first-order chi connectivity index (χ1) is 23.9. The van der Waals surface area contributed by atoms with Crippen molar-refractivity contribution in [1.82, 2.24) is 0 Å². The van der Waals surface area contributed by atoms with Gasteiger partial charge in [-0.2, -0.15) is 0 Å². The van der Waals surface area contributed by atoms with Gasteiger partial charge >= 0.3 is 0 Å². The van der Waals surface area contributed by atoms with E-state index in [1.165, 1.54) is 289 Å². The fourth-order valence-electron chi connectivity index (χ4n) is 7.76. The van der Waals surface area contributed by atoms with Crippen LogP contribution < -0.4 is 0 Å². The van der Waals surface area contributed by atoms with Crippen LogP contribution in [0.15, 0.2) is 0 Å². The largest absolute Gasteiger partial charge is 0.0654 e. The highest BCUT2D eigenvalue weighted by Gasteiger charge is 1.98. The Bertz CT molecular complexity index is 462. The number of hydrogen-bond donors (Lipinski definition) is 0. The Morgan fingerprint density at radius 3 is 0.438 bits per heavy atom. The Hall–Kier alpha value is 0. The highest BCUT2D eigenvalue weighted by molar-refractivity contribution is 4.65. The smallest absolute Gasteiger partial charge is 0.0386 e. The van der Waals surface area contributed by atoms with E-state index in [1.54, 1.807) is 0 Å². The minimum absolute atomic E-state index is 1.37. The molecule has 0 aromatic heterocycles. The predicted octanol–water partition coefficient (Wildman–Crippen LogP) is 18.8. The topological polar surface area (TPSA) is 0 Å². The third kappa shape index (κ3) is 46.0. The van der Waals surface area contributed by atoms with Crippen LogP contribution in [0.4, 0.5) is 0 Å². The SMILES string of the molecule is CCCCCCCCCCCCCCCCCCCCCCC[CH]CCCCCCCCCCCCCCCCCCCCCCCC. The van der Waals surface area contributed by atoms with Gasteiger partial charge in [-0.15, -0.1) is 0 Å². The number of unbranched alkanes of at least 4 members (excludes halogenated alkanes) is 45. The number of rotatable bonds is 45. The zero-order valence-electron chi connectivity index (χ0n) is 34.4. The monoisotopic (exact) mass is 674 g/mol. The Morgan fingerprint density at radius 1 is 0.167 bits per heavy atom. The summed E-state index contributed by atoms with van der Waals surface area (Å²) in [7, 11) is 0. The van der Waals surface area contributed by atoms with Gasteiger partial charge in [0, 0.05) is 0 Å². The zero-order chi connectivity index (χ0) is 34.5. The predicted molar refractivity (Wildman–Crippen MR) is 223 cm³/mol. The molecular formula is C48H97. The standard InChI is InChI=1S/C48H97/c1-3-5-7-9-11-13-15-17-19-21-23-25-27-29-31-33-35-37-39-41-43-45-47-48-46-44-42-40-38-36-34-32-30-28-26-24-22-20-18-16-14-12-10-8-6-4-2/h47H,3-46,48H2,1-2H3. The van der Waals surface area contributed by atoms with Crippen molar-refractivity contribution in [3.8, 4) is 0 Å². The Morgan fingerprint density at radius 2 is 0.292 bits per heavy atom. The average molecular weight is 674 g/mol. The van der Waals surface area contributed by atoms with E-state index in [0.717, 1.165) is 0 Å². The summed E-state index contributed by atoms with van der Waals surface area (Å²) in [6, 6.07) is 0. The molecule has 0 heteroatoms. The molecule has 0 fully saturated rings. The van der Waals surface area contributed by atoms with Gasteiger partial charge in [0.15, 0.2) is 0 Å². The minimum Gasteiger partial charge on any atom is -0.0654 e. The molecule has 0 N–H and O–H groups in total. The second kappa shape index (κ2) is 47.0. The molecule has 0 spiro atoms. The molecule has 0 atom stereocenters. The fourth-order valence-corrected chi connectivity index (χ4v) is 7.76. The molecule has 0 unspecified atom stereocenters. The summed E-state index contributed by atoms with van der Waals surface area (Å²) in [4.78, 5) is 0. The van der Waals surface area contributed by atoms with Gasteiger partial charge in [0.05, 0.1) is 0 Å². The van der Waals surface area contributed by atoms with Crippen LogP contribution in [-0.4, -0.2) is 0 Å². The quantitative estimate of drug-likeness (QED) is 0.0564. The second-order valence-electron chi connectivity index (χ2n) is 16.4. The van der Waals surface area contributed by atoms with E-state index in [2.05, 4.69) is 20.3 Å².